The van der Waals surface area contributed by atoms with E-state index in [9.17, 15) is 18.8 Å². The van der Waals surface area contributed by atoms with Crippen molar-refractivity contribution in [3.8, 4) is 5.69 Å². The summed E-state index contributed by atoms with van der Waals surface area (Å²) in [5, 5.41) is 3.45. The van der Waals surface area contributed by atoms with Crippen LogP contribution in [0.3, 0.4) is 0 Å². The lowest BCUT2D eigenvalue weighted by molar-refractivity contribution is -0.124. The minimum Gasteiger partial charge on any atom is -0.352 e. The number of benzene rings is 2. The van der Waals surface area contributed by atoms with Crippen LogP contribution in [0.25, 0.3) is 16.6 Å². The van der Waals surface area contributed by atoms with Crippen LogP contribution in [-0.2, 0) is 4.79 Å². The normalized spacial score (nSPS) is 14.8. The van der Waals surface area contributed by atoms with Gasteiger partial charge in [-0.05, 0) is 62.2 Å². The van der Waals surface area contributed by atoms with E-state index < -0.39 is 23.1 Å². The number of rotatable bonds is 4. The second kappa shape index (κ2) is 6.91. The predicted octanol–water partition coefficient (Wildman–Crippen LogP) is 2.78. The zero-order valence-corrected chi connectivity index (χ0v) is 15.7. The van der Waals surface area contributed by atoms with Crippen LogP contribution in [0.4, 0.5) is 4.39 Å². The van der Waals surface area contributed by atoms with Crippen molar-refractivity contribution in [1.29, 1.82) is 0 Å². The van der Waals surface area contributed by atoms with Crippen molar-refractivity contribution in [2.75, 3.05) is 0 Å². The van der Waals surface area contributed by atoms with Crippen LogP contribution >= 0.6 is 11.6 Å². The molecule has 8 heteroatoms. The molecule has 1 atom stereocenters. The number of fused-ring (bicyclic) bond motifs is 1. The Bertz CT molecular complexity index is 1200. The zero-order valence-electron chi connectivity index (χ0n) is 15.0. The molecule has 28 heavy (non-hydrogen) atoms. The molecule has 1 heterocycles. The van der Waals surface area contributed by atoms with Crippen LogP contribution in [0.15, 0.2) is 52.1 Å². The first-order chi connectivity index (χ1) is 13.4. The van der Waals surface area contributed by atoms with Crippen LogP contribution in [0.2, 0.25) is 5.02 Å². The molecule has 1 N–H and O–H groups in total. The number of carbonyl (C=O) groups excluding carboxylic acids is 1. The highest BCUT2D eigenvalue weighted by atomic mass is 35.5. The van der Waals surface area contributed by atoms with Gasteiger partial charge >= 0.3 is 5.69 Å². The average Bonchev–Trinajstić information content (AvgIpc) is 3.47. The highest BCUT2D eigenvalue weighted by Gasteiger charge is 2.28. The molecular weight excluding hydrogens is 385 g/mol. The summed E-state index contributed by atoms with van der Waals surface area (Å²) in [7, 11) is 0. The lowest BCUT2D eigenvalue weighted by atomic mass is 10.2. The molecule has 0 unspecified atom stereocenters. The Morgan fingerprint density at radius 1 is 1.18 bits per heavy atom. The first-order valence-electron chi connectivity index (χ1n) is 8.90. The summed E-state index contributed by atoms with van der Waals surface area (Å²) in [4.78, 5) is 38.9. The standard InChI is InChI=1S/C20H17ClFN3O3/c1-11(18(26)23-14-5-6-14)24-17-10-12(21)2-9-16(17)19(27)25(20(24)28)15-7-3-13(22)4-8-15/h2-4,7-11,14H,5-6H2,1H3,(H,23,26)/t11-/m0/s1. The van der Waals surface area contributed by atoms with Gasteiger partial charge < -0.3 is 5.32 Å². The van der Waals surface area contributed by atoms with E-state index in [2.05, 4.69) is 5.32 Å². The smallest absolute Gasteiger partial charge is 0.336 e. The van der Waals surface area contributed by atoms with Gasteiger partial charge in [-0.1, -0.05) is 11.6 Å². The van der Waals surface area contributed by atoms with Gasteiger partial charge in [-0.25, -0.2) is 13.8 Å². The maximum Gasteiger partial charge on any atom is 0.336 e. The molecule has 0 radical (unpaired) electrons. The molecule has 0 aliphatic heterocycles. The van der Waals surface area contributed by atoms with Crippen LogP contribution in [0, 0.1) is 5.82 Å². The van der Waals surface area contributed by atoms with Gasteiger partial charge in [-0.15, -0.1) is 0 Å². The minimum atomic E-state index is -0.860. The van der Waals surface area contributed by atoms with Crippen LogP contribution in [-0.4, -0.2) is 21.1 Å². The first-order valence-corrected chi connectivity index (χ1v) is 9.28. The molecule has 4 rings (SSSR count). The second-order valence-electron chi connectivity index (χ2n) is 6.89. The number of halogens is 2. The van der Waals surface area contributed by atoms with E-state index >= 15 is 0 Å². The van der Waals surface area contributed by atoms with Crippen molar-refractivity contribution >= 4 is 28.4 Å². The Morgan fingerprint density at radius 3 is 2.50 bits per heavy atom. The summed E-state index contributed by atoms with van der Waals surface area (Å²) < 4.78 is 15.5. The molecule has 0 spiro atoms. The fourth-order valence-electron chi connectivity index (χ4n) is 3.16. The molecule has 1 saturated carbocycles. The molecule has 1 fully saturated rings. The van der Waals surface area contributed by atoms with Crippen molar-refractivity contribution in [2.45, 2.75) is 31.8 Å². The zero-order chi connectivity index (χ0) is 20.0. The van der Waals surface area contributed by atoms with Gasteiger partial charge in [0.2, 0.25) is 5.91 Å². The second-order valence-corrected chi connectivity index (χ2v) is 7.33. The van der Waals surface area contributed by atoms with Crippen molar-refractivity contribution < 1.29 is 9.18 Å². The van der Waals surface area contributed by atoms with Gasteiger partial charge in [0.15, 0.2) is 0 Å². The Kier molecular flexibility index (Phi) is 4.55. The van der Waals surface area contributed by atoms with E-state index in [1.54, 1.807) is 13.0 Å². The van der Waals surface area contributed by atoms with Crippen molar-refractivity contribution in [2.24, 2.45) is 0 Å². The van der Waals surface area contributed by atoms with Crippen LogP contribution in [0.5, 0.6) is 0 Å². The molecule has 1 aromatic heterocycles. The minimum absolute atomic E-state index is 0.128. The summed E-state index contributed by atoms with van der Waals surface area (Å²) >= 11 is 6.08. The molecule has 6 nitrogen and oxygen atoms in total. The number of nitrogens with one attached hydrogen (secondary N) is 1. The van der Waals surface area contributed by atoms with Crippen molar-refractivity contribution in [3.05, 3.63) is 74.1 Å². The average molecular weight is 402 g/mol. The molecule has 2 aromatic carbocycles. The third-order valence-electron chi connectivity index (χ3n) is 4.83. The number of carbonyl (C=O) groups is 1. The lowest BCUT2D eigenvalue weighted by Crippen LogP contribution is -2.44. The molecule has 1 aliphatic carbocycles. The molecule has 1 amide bonds. The van der Waals surface area contributed by atoms with E-state index in [-0.39, 0.29) is 28.5 Å². The summed E-state index contributed by atoms with van der Waals surface area (Å²) in [6.07, 6.45) is 1.82. The third-order valence-corrected chi connectivity index (χ3v) is 5.06. The van der Waals surface area contributed by atoms with Gasteiger partial charge in [0, 0.05) is 11.1 Å². The third kappa shape index (κ3) is 3.22. The fourth-order valence-corrected chi connectivity index (χ4v) is 3.33. The fraction of sp³-hybridized carbons (Fsp3) is 0.250. The number of amides is 1. The van der Waals surface area contributed by atoms with Crippen molar-refractivity contribution in [1.82, 2.24) is 14.5 Å². The molecule has 0 bridgehead atoms. The van der Waals surface area contributed by atoms with E-state index in [0.29, 0.717) is 5.02 Å². The summed E-state index contributed by atoms with van der Waals surface area (Å²) in [6, 6.07) is 8.85. The van der Waals surface area contributed by atoms with Crippen molar-refractivity contribution in [3.63, 3.8) is 0 Å². The molecule has 3 aromatic rings. The summed E-state index contributed by atoms with van der Waals surface area (Å²) in [5.74, 6) is -0.794. The number of hydrogen-bond donors (Lipinski definition) is 1. The molecule has 0 saturated heterocycles. The molecular formula is C20H17ClFN3O3. The maximum absolute atomic E-state index is 13.3. The van der Waals surface area contributed by atoms with E-state index in [0.717, 1.165) is 17.4 Å². The van der Waals surface area contributed by atoms with Crippen LogP contribution in [0.1, 0.15) is 25.8 Å². The Balaban J connectivity index is 1.99. The number of aromatic nitrogens is 2. The summed E-state index contributed by atoms with van der Waals surface area (Å²) in [5.41, 5.74) is -0.754. The van der Waals surface area contributed by atoms with E-state index in [4.69, 9.17) is 11.6 Å². The predicted molar refractivity (Wildman–Crippen MR) is 105 cm³/mol. The topological polar surface area (TPSA) is 73.1 Å². The Labute approximate surface area is 164 Å². The Morgan fingerprint density at radius 2 is 1.86 bits per heavy atom. The van der Waals surface area contributed by atoms with Gasteiger partial charge in [-0.2, -0.15) is 0 Å². The van der Waals surface area contributed by atoms with Crippen LogP contribution < -0.4 is 16.6 Å². The largest absolute Gasteiger partial charge is 0.352 e. The first kappa shape index (κ1) is 18.4. The highest BCUT2D eigenvalue weighted by Crippen LogP contribution is 2.22. The summed E-state index contributed by atoms with van der Waals surface area (Å²) in [6.45, 7) is 1.60. The van der Waals surface area contributed by atoms with E-state index in [1.165, 1.54) is 41.0 Å². The van der Waals surface area contributed by atoms with E-state index in [1.807, 2.05) is 0 Å². The quantitative estimate of drug-likeness (QED) is 0.730. The monoisotopic (exact) mass is 401 g/mol. The molecule has 144 valence electrons. The SMILES string of the molecule is C[C@@H](C(=O)NC1CC1)n1c(=O)n(-c2ccc(F)cc2)c(=O)c2ccc(Cl)cc21. The van der Waals surface area contributed by atoms with Gasteiger partial charge in [0.25, 0.3) is 5.56 Å². The van der Waals surface area contributed by atoms with Gasteiger partial charge in [0.05, 0.1) is 16.6 Å². The van der Waals surface area contributed by atoms with Gasteiger partial charge in [-0.3, -0.25) is 14.2 Å². The highest BCUT2D eigenvalue weighted by molar-refractivity contribution is 6.31. The lowest BCUT2D eigenvalue weighted by Gasteiger charge is -2.19. The number of hydrogen-bond acceptors (Lipinski definition) is 3. The van der Waals surface area contributed by atoms with Gasteiger partial charge in [0.1, 0.15) is 11.9 Å². The maximum atomic E-state index is 13.3. The Hall–Kier alpha value is -2.93. The molecule has 1 aliphatic rings. The number of nitrogens with zero attached hydrogens (tertiary/aromatic N) is 2.